The number of guanidine groups is 1. The monoisotopic (exact) mass is 512 g/mol. The lowest BCUT2D eigenvalue weighted by Crippen LogP contribution is -2.45. The number of halogens is 1. The quantitative estimate of drug-likeness (QED) is 0.349. The molecule has 7 heteroatoms. The largest absolute Gasteiger partial charge is 0.388 e. The average Bonchev–Trinajstić information content (AvgIpc) is 3.25. The normalized spacial score (nSPS) is 22.9. The topological polar surface area (TPSA) is 68.2 Å². The Morgan fingerprint density at radius 2 is 2.10 bits per heavy atom. The minimum absolute atomic E-state index is 0. The maximum absolute atomic E-state index is 12.0. The number of aliphatic imine (C=N–C) groups is 1. The number of carbonyl (C=O) groups is 1. The van der Waals surface area contributed by atoms with Crippen molar-refractivity contribution < 1.29 is 9.90 Å². The van der Waals surface area contributed by atoms with Crippen LogP contribution in [0.5, 0.6) is 0 Å². The highest BCUT2D eigenvalue weighted by molar-refractivity contribution is 14.0. The first kappa shape index (κ1) is 22.3. The second-order valence-corrected chi connectivity index (χ2v) is 8.39. The second-order valence-electron chi connectivity index (χ2n) is 8.39. The molecule has 1 unspecified atom stereocenters. The third kappa shape index (κ3) is 4.87. The van der Waals surface area contributed by atoms with E-state index >= 15 is 0 Å². The summed E-state index contributed by atoms with van der Waals surface area (Å²) in [5.41, 5.74) is 1.91. The minimum atomic E-state index is -0.616. The van der Waals surface area contributed by atoms with Gasteiger partial charge in [0.25, 0.3) is 0 Å². The molecule has 2 fully saturated rings. The summed E-state index contributed by atoms with van der Waals surface area (Å²) in [7, 11) is 0. The molecule has 1 aromatic carbocycles. The molecule has 0 radical (unpaired) electrons. The number of likely N-dealkylation sites (tertiary alicyclic amines) is 1. The van der Waals surface area contributed by atoms with Gasteiger partial charge in [-0.15, -0.1) is 24.0 Å². The van der Waals surface area contributed by atoms with Crippen LogP contribution in [0.2, 0.25) is 0 Å². The fraction of sp³-hybridized carbons (Fsp3) is 0.636. The van der Waals surface area contributed by atoms with Crippen LogP contribution in [-0.4, -0.2) is 60.2 Å². The number of fused-ring (bicyclic) bond motifs is 1. The van der Waals surface area contributed by atoms with Crippen molar-refractivity contribution in [3.63, 3.8) is 0 Å². The van der Waals surface area contributed by atoms with E-state index in [9.17, 15) is 9.90 Å². The predicted octanol–water partition coefficient (Wildman–Crippen LogP) is 3.10. The highest BCUT2D eigenvalue weighted by atomic mass is 127. The maximum Gasteiger partial charge on any atom is 0.222 e. The van der Waals surface area contributed by atoms with Gasteiger partial charge in [-0.2, -0.15) is 0 Å². The molecule has 2 heterocycles. The van der Waals surface area contributed by atoms with E-state index in [1.165, 1.54) is 11.3 Å². The third-order valence-corrected chi connectivity index (χ3v) is 6.39. The van der Waals surface area contributed by atoms with Crippen molar-refractivity contribution in [3.8, 4) is 0 Å². The van der Waals surface area contributed by atoms with E-state index in [2.05, 4.69) is 41.4 Å². The van der Waals surface area contributed by atoms with Gasteiger partial charge < -0.3 is 20.2 Å². The molecule has 0 spiro atoms. The van der Waals surface area contributed by atoms with Crippen molar-refractivity contribution in [1.82, 2.24) is 10.2 Å². The van der Waals surface area contributed by atoms with Crippen LogP contribution < -0.4 is 10.2 Å². The van der Waals surface area contributed by atoms with E-state index < -0.39 is 5.60 Å². The lowest BCUT2D eigenvalue weighted by atomic mass is 9.80. The molecule has 1 atom stereocenters. The van der Waals surface area contributed by atoms with E-state index in [-0.39, 0.29) is 24.0 Å². The number of hydrogen-bond acceptors (Lipinski definition) is 3. The number of amides is 1. The zero-order valence-electron chi connectivity index (χ0n) is 17.3. The van der Waals surface area contributed by atoms with Crippen molar-refractivity contribution in [2.45, 2.75) is 57.0 Å². The molecule has 29 heavy (non-hydrogen) atoms. The van der Waals surface area contributed by atoms with Crippen molar-refractivity contribution in [1.29, 1.82) is 0 Å². The number of anilines is 1. The minimum Gasteiger partial charge on any atom is -0.388 e. The highest BCUT2D eigenvalue weighted by Gasteiger charge is 2.36. The predicted molar refractivity (Wildman–Crippen MR) is 127 cm³/mol. The number of nitrogens with zero attached hydrogens (tertiary/aromatic N) is 3. The van der Waals surface area contributed by atoms with Crippen LogP contribution in [0.15, 0.2) is 29.3 Å². The molecule has 0 aromatic heterocycles. The number of hydrogen-bond donors (Lipinski definition) is 2. The smallest absolute Gasteiger partial charge is 0.222 e. The number of nitrogens with one attached hydrogen (secondary N) is 1. The van der Waals surface area contributed by atoms with Gasteiger partial charge in [0.15, 0.2) is 5.96 Å². The molecule has 1 aromatic rings. The molecule has 160 valence electrons. The van der Waals surface area contributed by atoms with E-state index in [0.29, 0.717) is 24.8 Å². The molecule has 2 aliphatic heterocycles. The Hall–Kier alpha value is -1.35. The van der Waals surface area contributed by atoms with Crippen LogP contribution in [0.3, 0.4) is 0 Å². The van der Waals surface area contributed by atoms with Crippen molar-refractivity contribution in [2.75, 3.05) is 37.6 Å². The third-order valence-electron chi connectivity index (χ3n) is 6.39. The first-order valence-corrected chi connectivity index (χ1v) is 10.7. The van der Waals surface area contributed by atoms with Gasteiger partial charge in [-0.25, -0.2) is 4.99 Å². The van der Waals surface area contributed by atoms with Crippen molar-refractivity contribution in [3.05, 3.63) is 29.8 Å². The molecule has 1 amide bonds. The van der Waals surface area contributed by atoms with Crippen LogP contribution >= 0.6 is 24.0 Å². The van der Waals surface area contributed by atoms with Crippen LogP contribution in [0.4, 0.5) is 5.69 Å². The number of para-hydroxylation sites is 1. The Morgan fingerprint density at radius 1 is 1.31 bits per heavy atom. The molecular formula is C22H33IN4O2. The molecular weight excluding hydrogens is 479 g/mol. The summed E-state index contributed by atoms with van der Waals surface area (Å²) in [4.78, 5) is 21.0. The maximum atomic E-state index is 12.0. The number of aliphatic hydroxyl groups is 1. The summed E-state index contributed by atoms with van der Waals surface area (Å²) in [5.74, 6) is 1.54. The summed E-state index contributed by atoms with van der Waals surface area (Å²) in [6.07, 6.45) is 5.45. The SMILES string of the molecule is CCNC(=NCC1(O)CCC1)N1CC(CCN2CCCC2=O)c2ccccc21.I. The highest BCUT2D eigenvalue weighted by Crippen LogP contribution is 2.38. The zero-order chi connectivity index (χ0) is 19.6. The van der Waals surface area contributed by atoms with E-state index in [4.69, 9.17) is 4.99 Å². The first-order chi connectivity index (χ1) is 13.6. The van der Waals surface area contributed by atoms with Gasteiger partial charge in [0.2, 0.25) is 5.91 Å². The Bertz CT molecular complexity index is 750. The molecule has 6 nitrogen and oxygen atoms in total. The molecule has 1 saturated carbocycles. The van der Waals surface area contributed by atoms with Gasteiger partial charge in [-0.3, -0.25) is 4.79 Å². The van der Waals surface area contributed by atoms with Crippen molar-refractivity contribution in [2.24, 2.45) is 4.99 Å². The van der Waals surface area contributed by atoms with E-state index in [0.717, 1.165) is 64.2 Å². The Labute approximate surface area is 190 Å². The lowest BCUT2D eigenvalue weighted by Gasteiger charge is -2.35. The molecule has 1 saturated heterocycles. The summed E-state index contributed by atoms with van der Waals surface area (Å²) >= 11 is 0. The number of rotatable bonds is 6. The fourth-order valence-corrected chi connectivity index (χ4v) is 4.55. The molecule has 2 N–H and O–H groups in total. The summed E-state index contributed by atoms with van der Waals surface area (Å²) in [6.45, 7) is 5.93. The van der Waals surface area contributed by atoms with Gasteiger partial charge in [0, 0.05) is 44.2 Å². The summed E-state index contributed by atoms with van der Waals surface area (Å²) in [5, 5.41) is 13.9. The van der Waals surface area contributed by atoms with Crippen LogP contribution in [0.1, 0.15) is 56.9 Å². The van der Waals surface area contributed by atoms with Gasteiger partial charge >= 0.3 is 0 Å². The molecule has 1 aliphatic carbocycles. The summed E-state index contributed by atoms with van der Waals surface area (Å²) in [6, 6.07) is 8.52. The van der Waals surface area contributed by atoms with Gasteiger partial charge in [-0.1, -0.05) is 18.2 Å². The van der Waals surface area contributed by atoms with Crippen LogP contribution in [0.25, 0.3) is 0 Å². The van der Waals surface area contributed by atoms with Crippen LogP contribution in [0, 0.1) is 0 Å². The van der Waals surface area contributed by atoms with Crippen LogP contribution in [-0.2, 0) is 4.79 Å². The van der Waals surface area contributed by atoms with Gasteiger partial charge in [0.1, 0.15) is 0 Å². The molecule has 0 bridgehead atoms. The average molecular weight is 512 g/mol. The molecule has 4 rings (SSSR count). The fourth-order valence-electron chi connectivity index (χ4n) is 4.55. The van der Waals surface area contributed by atoms with E-state index in [1.807, 2.05) is 4.90 Å². The Kier molecular flexibility index (Phi) is 7.42. The zero-order valence-corrected chi connectivity index (χ0v) is 19.6. The second kappa shape index (κ2) is 9.64. The Balaban J connectivity index is 0.00000240. The van der Waals surface area contributed by atoms with Gasteiger partial charge in [0.05, 0.1) is 12.1 Å². The molecule has 3 aliphatic rings. The van der Waals surface area contributed by atoms with E-state index in [1.54, 1.807) is 0 Å². The standard InChI is InChI=1S/C22H32N4O2.HI/c1-2-23-21(24-16-22(28)11-6-12-22)26-15-17(18-7-3-4-8-19(18)26)10-14-25-13-5-9-20(25)27;/h3-4,7-8,17,28H,2,5-6,9-16H2,1H3,(H,23,24);1H. The summed E-state index contributed by atoms with van der Waals surface area (Å²) < 4.78 is 0. The lowest BCUT2D eigenvalue weighted by molar-refractivity contribution is -0.127. The number of carbonyl (C=O) groups excluding carboxylic acids is 1. The van der Waals surface area contributed by atoms with Gasteiger partial charge in [-0.05, 0) is 50.7 Å². The Morgan fingerprint density at radius 3 is 2.76 bits per heavy atom. The van der Waals surface area contributed by atoms with Crippen molar-refractivity contribution >= 4 is 41.5 Å². The number of benzene rings is 1. The first-order valence-electron chi connectivity index (χ1n) is 10.7.